The van der Waals surface area contributed by atoms with Crippen molar-refractivity contribution in [1.82, 2.24) is 10.3 Å². The Morgan fingerprint density at radius 3 is 2.46 bits per heavy atom. The van der Waals surface area contributed by atoms with E-state index in [0.717, 1.165) is 25.3 Å². The van der Waals surface area contributed by atoms with Crippen molar-refractivity contribution < 1.29 is 8.42 Å². The van der Waals surface area contributed by atoms with E-state index in [1.165, 1.54) is 5.56 Å². The van der Waals surface area contributed by atoms with Crippen LogP contribution in [0.2, 0.25) is 0 Å². The summed E-state index contributed by atoms with van der Waals surface area (Å²) in [4.78, 5) is 6.59. The average Bonchev–Trinajstić information content (AvgIpc) is 2.91. The van der Waals surface area contributed by atoms with Gasteiger partial charge in [-0.15, -0.1) is 8.80 Å². The lowest BCUT2D eigenvalue weighted by molar-refractivity contribution is 0.600. The van der Waals surface area contributed by atoms with Crippen LogP contribution in [0, 0.1) is 0 Å². The van der Waals surface area contributed by atoms with Gasteiger partial charge >= 0.3 is 10.2 Å². The molecule has 26 heavy (non-hydrogen) atoms. The molecule has 0 aliphatic carbocycles. The maximum atomic E-state index is 11.3. The van der Waals surface area contributed by atoms with Gasteiger partial charge in [-0.25, -0.2) is 4.98 Å². The molecule has 1 aliphatic rings. The van der Waals surface area contributed by atoms with Gasteiger partial charge in [-0.3, -0.25) is 0 Å². The van der Waals surface area contributed by atoms with Crippen molar-refractivity contribution in [2.75, 3.05) is 18.0 Å². The van der Waals surface area contributed by atoms with Crippen LogP contribution in [0.25, 0.3) is 0 Å². The Morgan fingerprint density at radius 1 is 1.04 bits per heavy atom. The zero-order valence-electron chi connectivity index (χ0n) is 14.1. The van der Waals surface area contributed by atoms with Crippen molar-refractivity contribution in [3.8, 4) is 0 Å². The lowest BCUT2D eigenvalue weighted by Crippen LogP contribution is -2.36. The standard InChI is InChI=1S/C17H20N6O2S/c18-16-17(22-26(24,25)21-16)20-11-6-12-23(15-9-4-5-10-19-15)13-14-7-2-1-3-8-14/h1-5,7-10H,6,11-13H2,(H2,18,21)(H,20,22). The Labute approximate surface area is 152 Å². The highest BCUT2D eigenvalue weighted by atomic mass is 32.2. The molecule has 2 aromatic rings. The van der Waals surface area contributed by atoms with Gasteiger partial charge < -0.3 is 16.0 Å². The molecule has 0 amide bonds. The SMILES string of the molecule is NC1=NS(=O)(=O)N=C1NCCCN(Cc1ccccc1)c1ccccn1. The fourth-order valence-electron chi connectivity index (χ4n) is 2.57. The highest BCUT2D eigenvalue weighted by Crippen LogP contribution is 2.14. The lowest BCUT2D eigenvalue weighted by Gasteiger charge is -2.24. The maximum absolute atomic E-state index is 11.3. The summed E-state index contributed by atoms with van der Waals surface area (Å²) in [7, 11) is -3.81. The summed E-state index contributed by atoms with van der Waals surface area (Å²) in [5.74, 6) is 0.895. The van der Waals surface area contributed by atoms with Gasteiger partial charge in [0.1, 0.15) is 5.82 Å². The normalized spacial score (nSPS) is 15.2. The van der Waals surface area contributed by atoms with Gasteiger partial charge in [0, 0.05) is 25.8 Å². The highest BCUT2D eigenvalue weighted by Gasteiger charge is 2.21. The van der Waals surface area contributed by atoms with Crippen LogP contribution in [0.1, 0.15) is 12.0 Å². The molecule has 0 fully saturated rings. The molecular weight excluding hydrogens is 352 g/mol. The molecule has 136 valence electrons. The van der Waals surface area contributed by atoms with Crippen molar-refractivity contribution in [3.05, 3.63) is 60.3 Å². The second kappa shape index (κ2) is 7.96. The van der Waals surface area contributed by atoms with E-state index in [4.69, 9.17) is 5.73 Å². The summed E-state index contributed by atoms with van der Waals surface area (Å²) in [6.45, 7) is 1.98. The molecule has 2 heterocycles. The monoisotopic (exact) mass is 372 g/mol. The number of anilines is 1. The van der Waals surface area contributed by atoms with Crippen molar-refractivity contribution >= 4 is 27.7 Å². The molecule has 9 heteroatoms. The second-order valence-corrected chi connectivity index (χ2v) is 7.00. The number of hydrogen-bond acceptors (Lipinski definition) is 6. The van der Waals surface area contributed by atoms with Gasteiger partial charge in [0.2, 0.25) is 0 Å². The summed E-state index contributed by atoms with van der Waals surface area (Å²) in [5, 5.41) is 2.93. The molecule has 0 bridgehead atoms. The van der Waals surface area contributed by atoms with Crippen LogP contribution < -0.4 is 16.0 Å². The smallest absolute Gasteiger partial charge is 0.367 e. The topological polar surface area (TPSA) is 113 Å². The number of benzene rings is 1. The molecule has 0 spiro atoms. The van der Waals surface area contributed by atoms with Crippen molar-refractivity contribution in [1.29, 1.82) is 0 Å². The highest BCUT2D eigenvalue weighted by molar-refractivity contribution is 7.89. The summed E-state index contributed by atoms with van der Waals surface area (Å²) in [6, 6.07) is 15.9. The zero-order chi connectivity index (χ0) is 18.4. The molecule has 0 radical (unpaired) electrons. The van der Waals surface area contributed by atoms with E-state index in [0.29, 0.717) is 6.54 Å². The van der Waals surface area contributed by atoms with Crippen LogP contribution in [-0.4, -0.2) is 38.2 Å². The van der Waals surface area contributed by atoms with E-state index < -0.39 is 10.2 Å². The molecule has 0 unspecified atom stereocenters. The number of nitrogens with two attached hydrogens (primary N) is 1. The fourth-order valence-corrected chi connectivity index (χ4v) is 3.33. The van der Waals surface area contributed by atoms with Crippen LogP contribution in [0.3, 0.4) is 0 Å². The first-order chi connectivity index (χ1) is 12.5. The van der Waals surface area contributed by atoms with Gasteiger partial charge in [-0.2, -0.15) is 8.42 Å². The Balaban J connectivity index is 1.59. The third kappa shape index (κ3) is 4.79. The van der Waals surface area contributed by atoms with Crippen LogP contribution in [-0.2, 0) is 16.8 Å². The molecule has 1 aromatic carbocycles. The predicted molar refractivity (Wildman–Crippen MR) is 102 cm³/mol. The summed E-state index contributed by atoms with van der Waals surface area (Å²) in [5.41, 5.74) is 6.74. The van der Waals surface area contributed by atoms with E-state index in [1.54, 1.807) is 6.20 Å². The average molecular weight is 372 g/mol. The molecule has 0 saturated heterocycles. The number of nitrogens with one attached hydrogen (secondary N) is 1. The summed E-state index contributed by atoms with van der Waals surface area (Å²) < 4.78 is 29.3. The molecule has 3 rings (SSSR count). The number of amidine groups is 2. The van der Waals surface area contributed by atoms with E-state index in [2.05, 4.69) is 36.1 Å². The number of rotatable bonds is 7. The molecule has 3 N–H and O–H groups in total. The molecule has 1 aromatic heterocycles. The summed E-state index contributed by atoms with van der Waals surface area (Å²) >= 11 is 0. The number of hydrogen-bond donors (Lipinski definition) is 2. The van der Waals surface area contributed by atoms with Crippen LogP contribution in [0.5, 0.6) is 0 Å². The van der Waals surface area contributed by atoms with Gasteiger partial charge in [-0.05, 0) is 24.1 Å². The minimum atomic E-state index is -3.81. The third-order valence-corrected chi connectivity index (χ3v) is 4.59. The number of nitrogens with zero attached hydrogens (tertiary/aromatic N) is 4. The Hall–Kier alpha value is -2.94. The molecule has 8 nitrogen and oxygen atoms in total. The van der Waals surface area contributed by atoms with Gasteiger partial charge in [0.25, 0.3) is 0 Å². The molecule has 0 atom stereocenters. The van der Waals surface area contributed by atoms with Crippen molar-refractivity contribution in [2.45, 2.75) is 13.0 Å². The molecule has 1 aliphatic heterocycles. The minimum Gasteiger partial charge on any atom is -0.380 e. The van der Waals surface area contributed by atoms with Crippen molar-refractivity contribution in [2.24, 2.45) is 14.5 Å². The maximum Gasteiger partial charge on any atom is 0.367 e. The van der Waals surface area contributed by atoms with Crippen LogP contribution >= 0.6 is 0 Å². The largest absolute Gasteiger partial charge is 0.380 e. The molecule has 0 saturated carbocycles. The second-order valence-electron chi connectivity index (χ2n) is 5.74. The quantitative estimate of drug-likeness (QED) is 0.703. The van der Waals surface area contributed by atoms with E-state index in [1.807, 2.05) is 36.4 Å². The molecular formula is C17H20N6O2S. The van der Waals surface area contributed by atoms with Gasteiger partial charge in [0.15, 0.2) is 11.7 Å². The fraction of sp³-hybridized carbons (Fsp3) is 0.235. The minimum absolute atomic E-state index is 0.101. The Kier molecular flexibility index (Phi) is 5.47. The zero-order valence-corrected chi connectivity index (χ0v) is 14.9. The predicted octanol–water partition coefficient (Wildman–Crippen LogP) is 1.08. The first kappa shape index (κ1) is 17.9. The number of pyridine rings is 1. The third-order valence-electron chi connectivity index (χ3n) is 3.75. The van der Waals surface area contributed by atoms with Crippen molar-refractivity contribution in [3.63, 3.8) is 0 Å². The lowest BCUT2D eigenvalue weighted by atomic mass is 10.2. The van der Waals surface area contributed by atoms with Gasteiger partial charge in [-0.1, -0.05) is 36.4 Å². The van der Waals surface area contributed by atoms with Crippen LogP contribution in [0.4, 0.5) is 5.82 Å². The van der Waals surface area contributed by atoms with E-state index in [9.17, 15) is 8.42 Å². The Bertz CT molecular complexity index is 897. The summed E-state index contributed by atoms with van der Waals surface area (Å²) in [6.07, 6.45) is 2.51. The first-order valence-electron chi connectivity index (χ1n) is 8.18. The van der Waals surface area contributed by atoms with Crippen LogP contribution in [0.15, 0.2) is 63.5 Å². The first-order valence-corrected chi connectivity index (χ1v) is 9.58. The number of aromatic nitrogens is 1. The van der Waals surface area contributed by atoms with Gasteiger partial charge in [0.05, 0.1) is 0 Å². The Morgan fingerprint density at radius 2 is 1.81 bits per heavy atom. The van der Waals surface area contributed by atoms with E-state index >= 15 is 0 Å². The van der Waals surface area contributed by atoms with E-state index in [-0.39, 0.29) is 11.7 Å².